The van der Waals surface area contributed by atoms with Gasteiger partial charge in [-0.15, -0.1) is 0 Å². The standard InChI is InChI=1S/C18H17FN2O5/c1-11-7-8-14(10-15(11)19)20-18(23)12(2)26-17(22)9-13-5-3-4-6-16(13)21(24)25/h3-8,10,12H,9H2,1-2H3,(H,20,23). The normalized spacial score (nSPS) is 11.5. The van der Waals surface area contributed by atoms with Gasteiger partial charge in [0.2, 0.25) is 0 Å². The fraction of sp³-hybridized carbons (Fsp3) is 0.222. The average Bonchev–Trinajstić information content (AvgIpc) is 2.58. The molecule has 136 valence electrons. The van der Waals surface area contributed by atoms with Gasteiger partial charge in [0, 0.05) is 17.3 Å². The number of anilines is 1. The van der Waals surface area contributed by atoms with Crippen LogP contribution in [0.3, 0.4) is 0 Å². The number of halogens is 1. The van der Waals surface area contributed by atoms with E-state index < -0.39 is 28.7 Å². The van der Waals surface area contributed by atoms with Crippen LogP contribution in [0.15, 0.2) is 42.5 Å². The van der Waals surface area contributed by atoms with Crippen LogP contribution in [0.2, 0.25) is 0 Å². The van der Waals surface area contributed by atoms with Crippen LogP contribution in [0.1, 0.15) is 18.1 Å². The Balaban J connectivity index is 1.97. The van der Waals surface area contributed by atoms with Crippen LogP contribution in [0, 0.1) is 22.9 Å². The first kappa shape index (κ1) is 19.0. The maximum absolute atomic E-state index is 13.5. The van der Waals surface area contributed by atoms with E-state index in [1.165, 1.54) is 37.3 Å². The molecule has 0 aromatic heterocycles. The van der Waals surface area contributed by atoms with E-state index in [0.29, 0.717) is 5.56 Å². The molecule has 0 aliphatic heterocycles. The van der Waals surface area contributed by atoms with Gasteiger partial charge in [0.05, 0.1) is 11.3 Å². The van der Waals surface area contributed by atoms with Crippen molar-refractivity contribution in [2.24, 2.45) is 0 Å². The van der Waals surface area contributed by atoms with Gasteiger partial charge in [-0.2, -0.15) is 0 Å². The highest BCUT2D eigenvalue weighted by Crippen LogP contribution is 2.19. The zero-order valence-electron chi connectivity index (χ0n) is 14.2. The Kier molecular flexibility index (Phi) is 6.00. The number of rotatable bonds is 6. The molecule has 0 bridgehead atoms. The van der Waals surface area contributed by atoms with Crippen molar-refractivity contribution in [2.45, 2.75) is 26.4 Å². The molecule has 2 rings (SSSR count). The summed E-state index contributed by atoms with van der Waals surface area (Å²) >= 11 is 0. The number of hydrogen-bond acceptors (Lipinski definition) is 5. The van der Waals surface area contributed by atoms with E-state index in [1.54, 1.807) is 13.0 Å². The third-order valence-corrected chi connectivity index (χ3v) is 3.64. The minimum absolute atomic E-state index is 0.190. The van der Waals surface area contributed by atoms with Crippen LogP contribution < -0.4 is 5.32 Å². The molecule has 0 aliphatic carbocycles. The van der Waals surface area contributed by atoms with E-state index in [0.717, 1.165) is 6.07 Å². The number of nitrogens with zero attached hydrogens (tertiary/aromatic N) is 1. The number of benzene rings is 2. The summed E-state index contributed by atoms with van der Waals surface area (Å²) in [5.41, 5.74) is 0.666. The molecule has 2 aromatic rings. The Bertz CT molecular complexity index is 853. The fourth-order valence-electron chi connectivity index (χ4n) is 2.20. The molecular weight excluding hydrogens is 343 g/mol. The van der Waals surface area contributed by atoms with E-state index in [-0.39, 0.29) is 23.4 Å². The minimum Gasteiger partial charge on any atom is -0.452 e. The number of nitrogens with one attached hydrogen (secondary N) is 1. The molecule has 8 heteroatoms. The van der Waals surface area contributed by atoms with Gasteiger partial charge in [-0.1, -0.05) is 24.3 Å². The van der Waals surface area contributed by atoms with Gasteiger partial charge < -0.3 is 10.1 Å². The number of carbonyl (C=O) groups is 2. The zero-order chi connectivity index (χ0) is 19.3. The molecule has 1 atom stereocenters. The maximum atomic E-state index is 13.5. The van der Waals surface area contributed by atoms with Crippen molar-refractivity contribution in [3.63, 3.8) is 0 Å². The third kappa shape index (κ3) is 4.85. The second-order valence-corrected chi connectivity index (χ2v) is 5.65. The summed E-state index contributed by atoms with van der Waals surface area (Å²) in [4.78, 5) is 34.4. The zero-order valence-corrected chi connectivity index (χ0v) is 14.2. The Morgan fingerprint density at radius 1 is 1.27 bits per heavy atom. The van der Waals surface area contributed by atoms with Gasteiger partial charge >= 0.3 is 5.97 Å². The number of aryl methyl sites for hydroxylation is 1. The van der Waals surface area contributed by atoms with Crippen molar-refractivity contribution in [3.8, 4) is 0 Å². The number of amides is 1. The monoisotopic (exact) mass is 360 g/mol. The molecule has 26 heavy (non-hydrogen) atoms. The highest BCUT2D eigenvalue weighted by Gasteiger charge is 2.21. The van der Waals surface area contributed by atoms with Crippen LogP contribution in [0.4, 0.5) is 15.8 Å². The summed E-state index contributed by atoms with van der Waals surface area (Å²) in [5.74, 6) is -1.88. The Hall–Kier alpha value is -3.29. The number of para-hydroxylation sites is 1. The van der Waals surface area contributed by atoms with E-state index in [4.69, 9.17) is 4.74 Å². The van der Waals surface area contributed by atoms with Gasteiger partial charge in [-0.3, -0.25) is 19.7 Å². The fourth-order valence-corrected chi connectivity index (χ4v) is 2.20. The average molecular weight is 360 g/mol. The van der Waals surface area contributed by atoms with Crippen molar-refractivity contribution >= 4 is 23.3 Å². The molecule has 1 unspecified atom stereocenters. The second kappa shape index (κ2) is 8.19. The largest absolute Gasteiger partial charge is 0.452 e. The molecule has 1 N–H and O–H groups in total. The summed E-state index contributed by atoms with van der Waals surface area (Å²) in [5, 5.41) is 13.4. The number of nitro groups is 1. The van der Waals surface area contributed by atoms with Crippen molar-refractivity contribution in [2.75, 3.05) is 5.32 Å². The van der Waals surface area contributed by atoms with Gasteiger partial charge in [-0.05, 0) is 31.5 Å². The maximum Gasteiger partial charge on any atom is 0.311 e. The Morgan fingerprint density at radius 2 is 1.96 bits per heavy atom. The summed E-state index contributed by atoms with van der Waals surface area (Å²) in [7, 11) is 0. The predicted molar refractivity (Wildman–Crippen MR) is 92.1 cm³/mol. The lowest BCUT2D eigenvalue weighted by molar-refractivity contribution is -0.385. The number of hydrogen-bond donors (Lipinski definition) is 1. The summed E-state index contributed by atoms with van der Waals surface area (Å²) in [6.07, 6.45) is -1.48. The van der Waals surface area contributed by atoms with Gasteiger partial charge in [0.1, 0.15) is 5.82 Å². The Labute approximate surface area is 148 Å². The number of ether oxygens (including phenoxy) is 1. The van der Waals surface area contributed by atoms with Crippen LogP contribution >= 0.6 is 0 Å². The SMILES string of the molecule is Cc1ccc(NC(=O)C(C)OC(=O)Cc2ccccc2[N+](=O)[O-])cc1F. The lowest BCUT2D eigenvalue weighted by atomic mass is 10.1. The number of nitro benzene ring substituents is 1. The smallest absolute Gasteiger partial charge is 0.311 e. The van der Waals surface area contributed by atoms with E-state index in [9.17, 15) is 24.1 Å². The van der Waals surface area contributed by atoms with Crippen molar-refractivity contribution < 1.29 is 23.6 Å². The van der Waals surface area contributed by atoms with E-state index in [1.807, 2.05) is 0 Å². The van der Waals surface area contributed by atoms with Crippen LogP contribution in [0.5, 0.6) is 0 Å². The highest BCUT2D eigenvalue weighted by atomic mass is 19.1. The van der Waals surface area contributed by atoms with Gasteiger partial charge in [0.25, 0.3) is 11.6 Å². The molecular formula is C18H17FN2O5. The van der Waals surface area contributed by atoms with Gasteiger partial charge in [-0.25, -0.2) is 4.39 Å². The van der Waals surface area contributed by atoms with Crippen molar-refractivity contribution in [1.82, 2.24) is 0 Å². The topological polar surface area (TPSA) is 98.5 Å². The molecule has 0 radical (unpaired) electrons. The Morgan fingerprint density at radius 3 is 2.62 bits per heavy atom. The number of carbonyl (C=O) groups excluding carboxylic acids is 2. The number of esters is 1. The summed E-state index contributed by atoms with van der Waals surface area (Å²) < 4.78 is 18.5. The summed E-state index contributed by atoms with van der Waals surface area (Å²) in [6, 6.07) is 9.98. The third-order valence-electron chi connectivity index (χ3n) is 3.64. The lowest BCUT2D eigenvalue weighted by Crippen LogP contribution is -2.30. The molecule has 0 heterocycles. The lowest BCUT2D eigenvalue weighted by Gasteiger charge is -2.14. The molecule has 0 saturated carbocycles. The first-order valence-corrected chi connectivity index (χ1v) is 7.76. The van der Waals surface area contributed by atoms with E-state index >= 15 is 0 Å². The summed E-state index contributed by atoms with van der Waals surface area (Å²) in [6.45, 7) is 2.95. The minimum atomic E-state index is -1.14. The quantitative estimate of drug-likeness (QED) is 0.485. The van der Waals surface area contributed by atoms with Crippen LogP contribution in [-0.4, -0.2) is 22.9 Å². The van der Waals surface area contributed by atoms with Gasteiger partial charge in [0.15, 0.2) is 6.10 Å². The highest BCUT2D eigenvalue weighted by molar-refractivity contribution is 5.95. The molecule has 2 aromatic carbocycles. The van der Waals surface area contributed by atoms with Crippen LogP contribution in [-0.2, 0) is 20.7 Å². The molecule has 7 nitrogen and oxygen atoms in total. The molecule has 0 spiro atoms. The van der Waals surface area contributed by atoms with Crippen molar-refractivity contribution in [1.29, 1.82) is 0 Å². The first-order valence-electron chi connectivity index (χ1n) is 7.76. The second-order valence-electron chi connectivity index (χ2n) is 5.65. The molecule has 0 saturated heterocycles. The molecule has 0 fully saturated rings. The van der Waals surface area contributed by atoms with E-state index in [2.05, 4.69) is 5.32 Å². The molecule has 1 amide bonds. The van der Waals surface area contributed by atoms with Crippen LogP contribution in [0.25, 0.3) is 0 Å². The first-order chi connectivity index (χ1) is 12.3. The molecule has 0 aliphatic rings. The predicted octanol–water partition coefficient (Wildman–Crippen LogP) is 3.16. The van der Waals surface area contributed by atoms with Crippen molar-refractivity contribution in [3.05, 3.63) is 69.5 Å².